The Morgan fingerprint density at radius 1 is 1.23 bits per heavy atom. The van der Waals surface area contributed by atoms with Gasteiger partial charge in [-0.2, -0.15) is 0 Å². The van der Waals surface area contributed by atoms with Gasteiger partial charge in [0.25, 0.3) is 0 Å². The zero-order valence-electron chi connectivity index (χ0n) is 8.37. The van der Waals surface area contributed by atoms with E-state index in [1.54, 1.807) is 0 Å². The predicted octanol–water partition coefficient (Wildman–Crippen LogP) is 3.00. The fraction of sp³-hybridized carbons (Fsp3) is 0.364. The van der Waals surface area contributed by atoms with Crippen molar-refractivity contribution >= 4 is 6.72 Å². The van der Waals surface area contributed by atoms with Crippen molar-refractivity contribution in [3.63, 3.8) is 0 Å². The number of aryl methyl sites for hydroxylation is 2. The highest BCUT2D eigenvalue weighted by atomic mass is 16.6. The van der Waals surface area contributed by atoms with Crippen LogP contribution in [0.15, 0.2) is 23.4 Å². The summed E-state index contributed by atoms with van der Waals surface area (Å²) >= 11 is 0. The molecule has 2 heteroatoms. The topological polar surface area (TPSA) is 21.6 Å². The molecule has 0 bridgehead atoms. The summed E-state index contributed by atoms with van der Waals surface area (Å²) in [5, 5.41) is 3.42. The Labute approximate surface area is 79.2 Å². The molecule has 0 radical (unpaired) electrons. The van der Waals surface area contributed by atoms with Gasteiger partial charge < -0.3 is 4.84 Å². The van der Waals surface area contributed by atoms with Crippen LogP contribution in [0.5, 0.6) is 0 Å². The summed E-state index contributed by atoms with van der Waals surface area (Å²) in [5.74, 6) is 0. The molecule has 0 aromatic heterocycles. The van der Waals surface area contributed by atoms with E-state index in [9.17, 15) is 0 Å². The number of hydrogen-bond acceptors (Lipinski definition) is 2. The Kier molecular flexibility index (Phi) is 3.07. The molecule has 2 nitrogen and oxygen atoms in total. The third-order valence-corrected chi connectivity index (χ3v) is 1.95. The Morgan fingerprint density at radius 2 is 1.77 bits per heavy atom. The summed E-state index contributed by atoms with van der Waals surface area (Å²) in [5.41, 5.74) is 3.63. The number of nitrogens with zero attached hydrogens (tertiary/aromatic N) is 1. The highest BCUT2D eigenvalue weighted by molar-refractivity contribution is 5.29. The van der Waals surface area contributed by atoms with Crippen LogP contribution in [-0.4, -0.2) is 6.72 Å². The number of oxime groups is 1. The summed E-state index contributed by atoms with van der Waals surface area (Å²) < 4.78 is 0. The maximum Gasteiger partial charge on any atom is 0.149 e. The van der Waals surface area contributed by atoms with E-state index in [4.69, 9.17) is 4.84 Å². The van der Waals surface area contributed by atoms with Crippen LogP contribution in [0.4, 0.5) is 0 Å². The summed E-state index contributed by atoms with van der Waals surface area (Å²) in [6.45, 7) is 9.41. The maximum atomic E-state index is 5.05. The minimum Gasteiger partial charge on any atom is -0.389 e. The first kappa shape index (κ1) is 9.78. The van der Waals surface area contributed by atoms with Gasteiger partial charge in [-0.05, 0) is 26.3 Å². The predicted molar refractivity (Wildman–Crippen MR) is 55.0 cm³/mol. The summed E-state index contributed by atoms with van der Waals surface area (Å²) in [6, 6.07) is 6.34. The molecule has 0 saturated heterocycles. The molecule has 1 atom stereocenters. The monoisotopic (exact) mass is 177 g/mol. The second-order valence-electron chi connectivity index (χ2n) is 3.30. The van der Waals surface area contributed by atoms with Gasteiger partial charge in [-0.1, -0.05) is 29.3 Å². The Morgan fingerprint density at radius 3 is 2.23 bits per heavy atom. The Bertz CT molecular complexity index is 287. The first-order valence-electron chi connectivity index (χ1n) is 4.33. The number of hydrogen-bond donors (Lipinski definition) is 0. The molecule has 70 valence electrons. The first-order chi connectivity index (χ1) is 6.13. The molecule has 0 amide bonds. The smallest absolute Gasteiger partial charge is 0.149 e. The average Bonchev–Trinajstić information content (AvgIpc) is 2.03. The van der Waals surface area contributed by atoms with Crippen molar-refractivity contribution in [2.45, 2.75) is 26.9 Å². The van der Waals surface area contributed by atoms with E-state index >= 15 is 0 Å². The molecule has 0 aliphatic rings. The van der Waals surface area contributed by atoms with Crippen LogP contribution in [0, 0.1) is 13.8 Å². The van der Waals surface area contributed by atoms with Crippen LogP contribution in [0.25, 0.3) is 0 Å². The maximum absolute atomic E-state index is 5.05. The molecule has 0 saturated carbocycles. The van der Waals surface area contributed by atoms with Crippen LogP contribution in [0.3, 0.4) is 0 Å². The molecule has 1 aromatic carbocycles. The van der Waals surface area contributed by atoms with E-state index in [-0.39, 0.29) is 6.10 Å². The number of benzene rings is 1. The molecule has 0 aliphatic heterocycles. The fourth-order valence-corrected chi connectivity index (χ4v) is 1.42. The van der Waals surface area contributed by atoms with Crippen LogP contribution in [0.1, 0.15) is 29.7 Å². The van der Waals surface area contributed by atoms with E-state index in [2.05, 4.69) is 43.9 Å². The Balaban J connectivity index is 2.93. The van der Waals surface area contributed by atoms with Crippen LogP contribution in [-0.2, 0) is 4.84 Å². The van der Waals surface area contributed by atoms with E-state index in [1.165, 1.54) is 11.1 Å². The van der Waals surface area contributed by atoms with Crippen molar-refractivity contribution in [2.75, 3.05) is 0 Å². The molecular weight excluding hydrogens is 162 g/mol. The average molecular weight is 177 g/mol. The minimum absolute atomic E-state index is 0.0175. The molecule has 0 fully saturated rings. The lowest BCUT2D eigenvalue weighted by Gasteiger charge is -2.11. The molecule has 1 rings (SSSR count). The van der Waals surface area contributed by atoms with Crippen molar-refractivity contribution in [3.8, 4) is 0 Å². The molecule has 13 heavy (non-hydrogen) atoms. The van der Waals surface area contributed by atoms with Gasteiger partial charge in [-0.15, -0.1) is 5.16 Å². The zero-order valence-corrected chi connectivity index (χ0v) is 8.37. The molecule has 0 N–H and O–H groups in total. The van der Waals surface area contributed by atoms with Gasteiger partial charge in [0.15, 0.2) is 0 Å². The van der Waals surface area contributed by atoms with Gasteiger partial charge in [0.05, 0.1) is 0 Å². The second kappa shape index (κ2) is 4.08. The van der Waals surface area contributed by atoms with Gasteiger partial charge in [0.2, 0.25) is 0 Å². The molecule has 1 aromatic rings. The van der Waals surface area contributed by atoms with E-state index in [1.807, 2.05) is 6.92 Å². The van der Waals surface area contributed by atoms with Gasteiger partial charge in [0.1, 0.15) is 6.10 Å². The summed E-state index contributed by atoms with van der Waals surface area (Å²) in [6.07, 6.45) is -0.0175. The molecule has 0 aliphatic carbocycles. The quantitative estimate of drug-likeness (QED) is 0.513. The van der Waals surface area contributed by atoms with Gasteiger partial charge in [-0.3, -0.25) is 0 Å². The lowest BCUT2D eigenvalue weighted by molar-refractivity contribution is 0.0745. The van der Waals surface area contributed by atoms with Crippen LogP contribution in [0.2, 0.25) is 0 Å². The van der Waals surface area contributed by atoms with E-state index < -0.39 is 0 Å². The van der Waals surface area contributed by atoms with Crippen LogP contribution >= 0.6 is 0 Å². The second-order valence-corrected chi connectivity index (χ2v) is 3.30. The third kappa shape index (κ3) is 2.58. The van der Waals surface area contributed by atoms with Crippen molar-refractivity contribution in [2.24, 2.45) is 5.16 Å². The van der Waals surface area contributed by atoms with Crippen LogP contribution < -0.4 is 0 Å². The normalized spacial score (nSPS) is 12.2. The lowest BCUT2D eigenvalue weighted by Crippen LogP contribution is -1.96. The minimum atomic E-state index is -0.0175. The zero-order chi connectivity index (χ0) is 9.84. The largest absolute Gasteiger partial charge is 0.389 e. The van der Waals surface area contributed by atoms with Crippen molar-refractivity contribution in [3.05, 3.63) is 34.9 Å². The van der Waals surface area contributed by atoms with Crippen molar-refractivity contribution in [1.29, 1.82) is 0 Å². The fourth-order valence-electron chi connectivity index (χ4n) is 1.42. The molecule has 0 spiro atoms. The van der Waals surface area contributed by atoms with E-state index in [0.29, 0.717) is 0 Å². The summed E-state index contributed by atoms with van der Waals surface area (Å²) in [7, 11) is 0. The van der Waals surface area contributed by atoms with E-state index in [0.717, 1.165) is 5.56 Å². The highest BCUT2D eigenvalue weighted by Crippen LogP contribution is 2.19. The highest BCUT2D eigenvalue weighted by Gasteiger charge is 2.06. The standard InChI is InChI=1S/C11H15NO/c1-8-5-9(2)7-11(6-8)10(3)13-12-4/h5-7,10H,4H2,1-3H3. The number of rotatable bonds is 3. The third-order valence-electron chi connectivity index (χ3n) is 1.95. The Hall–Kier alpha value is -1.31. The molecule has 0 heterocycles. The lowest BCUT2D eigenvalue weighted by atomic mass is 10.0. The SMILES string of the molecule is C=NOC(C)c1cc(C)cc(C)c1. The van der Waals surface area contributed by atoms with Crippen molar-refractivity contribution in [1.82, 2.24) is 0 Å². The van der Waals surface area contributed by atoms with Gasteiger partial charge in [0, 0.05) is 6.72 Å². The summed E-state index contributed by atoms with van der Waals surface area (Å²) in [4.78, 5) is 5.05. The molecule has 1 unspecified atom stereocenters. The molecular formula is C11H15NO. The van der Waals surface area contributed by atoms with Gasteiger partial charge in [-0.25, -0.2) is 0 Å². The van der Waals surface area contributed by atoms with Gasteiger partial charge >= 0.3 is 0 Å². The first-order valence-corrected chi connectivity index (χ1v) is 4.33. The van der Waals surface area contributed by atoms with Crippen molar-refractivity contribution < 1.29 is 4.84 Å².